The van der Waals surface area contributed by atoms with Crippen LogP contribution in [0.25, 0.3) is 5.83 Å². The molecule has 3 rings (SSSR count). The van der Waals surface area contributed by atoms with E-state index in [4.69, 9.17) is 0 Å². The molecule has 0 aliphatic carbocycles. The largest absolute Gasteiger partial charge is 0.399 e. The maximum absolute atomic E-state index is 15.2. The summed E-state index contributed by atoms with van der Waals surface area (Å²) in [6.07, 6.45) is -5.07. The van der Waals surface area contributed by atoms with Gasteiger partial charge in [-0.2, -0.15) is 30.7 Å². The minimum absolute atomic E-state index is 0.0491. The average Bonchev–Trinajstić information content (AvgIpc) is 3.01. The molecule has 41 heavy (non-hydrogen) atoms. The van der Waals surface area contributed by atoms with E-state index in [0.29, 0.717) is 12.1 Å². The highest BCUT2D eigenvalue weighted by molar-refractivity contribution is 7.17. The SMILES string of the molecule is Cc1cc(C(/C=C(\F)c2ccc3c(c2)C(F)(F)N(NCC(=O)NCC(C)(C)F)C3=O)C(F)(F)F)cc(C(F)(F)P)c1. The highest BCUT2D eigenvalue weighted by atomic mass is 31.0. The van der Waals surface area contributed by atoms with Crippen LogP contribution in [0.15, 0.2) is 42.5 Å². The Hall–Kier alpha value is -3.12. The van der Waals surface area contributed by atoms with Gasteiger partial charge in [0.2, 0.25) is 5.91 Å². The van der Waals surface area contributed by atoms with Gasteiger partial charge >= 0.3 is 12.2 Å². The Morgan fingerprint density at radius 1 is 1.07 bits per heavy atom. The molecule has 0 aromatic heterocycles. The first-order valence-corrected chi connectivity index (χ1v) is 12.5. The maximum Gasteiger partial charge on any atom is 0.399 e. The molecule has 15 heteroatoms. The Balaban J connectivity index is 1.92. The summed E-state index contributed by atoms with van der Waals surface area (Å²) < 4.78 is 128. The molecule has 1 aliphatic heterocycles. The summed E-state index contributed by atoms with van der Waals surface area (Å²) in [5.74, 6) is -6.53. The number of nitrogens with zero attached hydrogens (tertiary/aromatic N) is 1. The van der Waals surface area contributed by atoms with Gasteiger partial charge < -0.3 is 5.32 Å². The number of hydrogen-bond donors (Lipinski definition) is 2. The third-order valence-electron chi connectivity index (χ3n) is 5.95. The molecule has 2 unspecified atom stereocenters. The van der Waals surface area contributed by atoms with Crippen molar-refractivity contribution in [3.8, 4) is 0 Å². The van der Waals surface area contributed by atoms with Gasteiger partial charge in [-0.3, -0.25) is 9.59 Å². The van der Waals surface area contributed by atoms with Gasteiger partial charge in [-0.05, 0) is 56.7 Å². The normalized spacial score (nSPS) is 16.6. The molecule has 2 aromatic carbocycles. The molecule has 2 atom stereocenters. The number of hydrazine groups is 1. The number of benzene rings is 2. The molecule has 5 nitrogen and oxygen atoms in total. The number of carbonyl (C=O) groups is 2. The number of carbonyl (C=O) groups excluding carboxylic acids is 2. The zero-order valence-corrected chi connectivity index (χ0v) is 22.9. The molecule has 0 bridgehead atoms. The van der Waals surface area contributed by atoms with Crippen LogP contribution in [0, 0.1) is 6.92 Å². The lowest BCUT2D eigenvalue weighted by Crippen LogP contribution is -2.51. The number of alkyl halides is 8. The molecule has 224 valence electrons. The molecule has 2 amide bonds. The molecule has 0 radical (unpaired) electrons. The van der Waals surface area contributed by atoms with Crippen LogP contribution in [0.4, 0.5) is 39.5 Å². The number of hydrogen-bond acceptors (Lipinski definition) is 3. The predicted octanol–water partition coefficient (Wildman–Crippen LogP) is 6.45. The van der Waals surface area contributed by atoms with E-state index in [1.165, 1.54) is 30.0 Å². The van der Waals surface area contributed by atoms with E-state index in [2.05, 4.69) is 5.32 Å². The summed E-state index contributed by atoms with van der Waals surface area (Å²) in [5, 5.41) is 1.95. The summed E-state index contributed by atoms with van der Waals surface area (Å²) in [4.78, 5) is 24.4. The van der Waals surface area contributed by atoms with Crippen LogP contribution in [0.1, 0.15) is 57.9 Å². The lowest BCUT2D eigenvalue weighted by atomic mass is 9.93. The van der Waals surface area contributed by atoms with E-state index in [1.54, 1.807) is 0 Å². The van der Waals surface area contributed by atoms with Crippen molar-refractivity contribution in [3.05, 3.63) is 75.9 Å². The van der Waals surface area contributed by atoms with Crippen molar-refractivity contribution < 1.29 is 49.1 Å². The first-order valence-electron chi connectivity index (χ1n) is 11.9. The van der Waals surface area contributed by atoms with Gasteiger partial charge in [0.25, 0.3) is 11.6 Å². The van der Waals surface area contributed by atoms with Crippen LogP contribution in [-0.4, -0.2) is 41.8 Å². The molecule has 0 spiro atoms. The van der Waals surface area contributed by atoms with E-state index in [0.717, 1.165) is 24.3 Å². The Bertz CT molecular complexity index is 1370. The van der Waals surface area contributed by atoms with Crippen molar-refractivity contribution in [2.45, 2.75) is 50.2 Å². The first kappa shape index (κ1) is 32.4. The number of fused-ring (bicyclic) bond motifs is 1. The topological polar surface area (TPSA) is 61.4 Å². The van der Waals surface area contributed by atoms with Crippen molar-refractivity contribution in [2.24, 2.45) is 0 Å². The van der Waals surface area contributed by atoms with Crippen LogP contribution in [0.3, 0.4) is 0 Å². The second-order valence-electron chi connectivity index (χ2n) is 10.1. The number of rotatable bonds is 9. The smallest absolute Gasteiger partial charge is 0.352 e. The number of aryl methyl sites for hydroxylation is 1. The highest BCUT2D eigenvalue weighted by Gasteiger charge is 2.52. The lowest BCUT2D eigenvalue weighted by molar-refractivity contribution is -0.147. The second-order valence-corrected chi connectivity index (χ2v) is 10.8. The monoisotopic (exact) mass is 613 g/mol. The summed E-state index contributed by atoms with van der Waals surface area (Å²) >= 11 is 0. The molecule has 1 heterocycles. The minimum atomic E-state index is -5.14. The van der Waals surface area contributed by atoms with Crippen molar-refractivity contribution in [2.75, 3.05) is 13.1 Å². The van der Waals surface area contributed by atoms with Crippen LogP contribution in [0.2, 0.25) is 0 Å². The van der Waals surface area contributed by atoms with Crippen molar-refractivity contribution >= 4 is 26.9 Å². The van der Waals surface area contributed by atoms with Crippen LogP contribution < -0.4 is 10.7 Å². The van der Waals surface area contributed by atoms with E-state index in [1.807, 2.05) is 5.43 Å². The van der Waals surface area contributed by atoms with Gasteiger partial charge in [-0.15, -0.1) is 0 Å². The molecular formula is C26H25F9N3O2P. The molecule has 2 aromatic rings. The summed E-state index contributed by atoms with van der Waals surface area (Å²) in [6, 6.07) is 0.417. The van der Waals surface area contributed by atoms with Crippen molar-refractivity contribution in [1.82, 2.24) is 15.8 Å². The number of halogens is 9. The molecule has 1 aliphatic rings. The quantitative estimate of drug-likeness (QED) is 0.194. The zero-order valence-electron chi connectivity index (χ0n) is 21.8. The molecule has 0 saturated heterocycles. The van der Waals surface area contributed by atoms with Crippen LogP contribution in [-0.2, 0) is 16.5 Å². The summed E-state index contributed by atoms with van der Waals surface area (Å²) in [6.45, 7) is 2.32. The first-order chi connectivity index (χ1) is 18.6. The Morgan fingerprint density at radius 3 is 2.27 bits per heavy atom. The van der Waals surface area contributed by atoms with Crippen molar-refractivity contribution in [1.29, 1.82) is 0 Å². The fraction of sp³-hybridized carbons (Fsp3) is 0.385. The third-order valence-corrected chi connectivity index (χ3v) is 6.28. The Labute approximate surface area is 231 Å². The van der Waals surface area contributed by atoms with E-state index >= 15 is 13.2 Å². The predicted molar refractivity (Wildman–Crippen MR) is 135 cm³/mol. The molecule has 0 fully saturated rings. The van der Waals surface area contributed by atoms with Gasteiger partial charge in [0.15, 0.2) is 0 Å². The highest BCUT2D eigenvalue weighted by Crippen LogP contribution is 2.44. The van der Waals surface area contributed by atoms with E-state index < -0.39 is 88.0 Å². The number of allylic oxidation sites excluding steroid dienone is 1. The van der Waals surface area contributed by atoms with Crippen molar-refractivity contribution in [3.63, 3.8) is 0 Å². The number of nitrogens with one attached hydrogen (secondary N) is 2. The molecular weight excluding hydrogens is 588 g/mol. The Morgan fingerprint density at radius 2 is 1.71 bits per heavy atom. The van der Waals surface area contributed by atoms with Gasteiger partial charge in [0, 0.05) is 11.1 Å². The van der Waals surface area contributed by atoms with Gasteiger partial charge in [0.05, 0.1) is 24.2 Å². The molecule has 2 N–H and O–H groups in total. The van der Waals surface area contributed by atoms with Gasteiger partial charge in [-0.25, -0.2) is 19.2 Å². The second kappa shape index (κ2) is 11.3. The fourth-order valence-corrected chi connectivity index (χ4v) is 4.16. The van der Waals surface area contributed by atoms with Crippen LogP contribution >= 0.6 is 9.24 Å². The molecule has 0 saturated carbocycles. The maximum atomic E-state index is 15.2. The van der Waals surface area contributed by atoms with E-state index in [-0.39, 0.29) is 16.6 Å². The fourth-order valence-electron chi connectivity index (χ4n) is 4.00. The van der Waals surface area contributed by atoms with E-state index in [9.17, 15) is 35.9 Å². The summed E-state index contributed by atoms with van der Waals surface area (Å²) in [5.41, 5.74) is -7.23. The lowest BCUT2D eigenvalue weighted by Gasteiger charge is -2.25. The zero-order chi connectivity index (χ0) is 31.1. The standard InChI is InChI=1S/C26H25F9N3O2P/c1-13-6-15(8-16(7-13)26(34,35)41)18(24(29,30)31)10-20(27)14-4-5-17-19(9-14)25(32,33)38(22(17)40)37-11-21(39)36-12-23(2,3)28/h4-10,18,37H,11-12,41H2,1-3H3,(H,36,39)/b20-10-. The van der Waals surface area contributed by atoms with Gasteiger partial charge in [0.1, 0.15) is 17.4 Å². The summed E-state index contributed by atoms with van der Waals surface area (Å²) in [7, 11) is 1.20. The minimum Gasteiger partial charge on any atom is -0.352 e. The van der Waals surface area contributed by atoms with Crippen LogP contribution in [0.5, 0.6) is 0 Å². The number of amides is 2. The van der Waals surface area contributed by atoms with Gasteiger partial charge in [-0.1, -0.05) is 26.9 Å². The Kier molecular flexibility index (Phi) is 8.91. The third kappa shape index (κ3) is 7.59. The average molecular weight is 613 g/mol.